The summed E-state index contributed by atoms with van der Waals surface area (Å²) in [6.45, 7) is 2.26. The third kappa shape index (κ3) is 3.22. The smallest absolute Gasteiger partial charge is 0.192 e. The molecule has 1 fully saturated rings. The maximum absolute atomic E-state index is 11.3. The summed E-state index contributed by atoms with van der Waals surface area (Å²) >= 11 is 0. The van der Waals surface area contributed by atoms with Crippen molar-refractivity contribution in [2.75, 3.05) is 11.6 Å². The lowest BCUT2D eigenvalue weighted by molar-refractivity contribution is 0.349. The van der Waals surface area contributed by atoms with Crippen LogP contribution >= 0.6 is 0 Å². The van der Waals surface area contributed by atoms with E-state index in [1.165, 1.54) is 31.9 Å². The molecule has 2 unspecified atom stereocenters. The Bertz CT molecular complexity index is 496. The molecule has 5 heteroatoms. The third-order valence-corrected chi connectivity index (χ3v) is 4.58. The molecule has 4 nitrogen and oxygen atoms in total. The zero-order chi connectivity index (χ0) is 13.2. The molecule has 18 heavy (non-hydrogen) atoms. The molecule has 0 bridgehead atoms. The van der Waals surface area contributed by atoms with Crippen LogP contribution in [0.15, 0.2) is 23.4 Å². The van der Waals surface area contributed by atoms with Gasteiger partial charge in [-0.2, -0.15) is 0 Å². The Morgan fingerprint density at radius 3 is 2.56 bits per heavy atom. The van der Waals surface area contributed by atoms with Crippen molar-refractivity contribution in [3.05, 3.63) is 18.3 Å². The van der Waals surface area contributed by atoms with Gasteiger partial charge in [-0.3, -0.25) is 0 Å². The molecule has 1 aliphatic carbocycles. The van der Waals surface area contributed by atoms with Crippen LogP contribution in [0.1, 0.15) is 32.6 Å². The van der Waals surface area contributed by atoms with Crippen LogP contribution in [0.3, 0.4) is 0 Å². The fourth-order valence-corrected chi connectivity index (χ4v) is 2.99. The predicted octanol–water partition coefficient (Wildman–Crippen LogP) is 2.48. The molecule has 0 radical (unpaired) electrons. The van der Waals surface area contributed by atoms with Crippen molar-refractivity contribution in [3.8, 4) is 0 Å². The molecule has 100 valence electrons. The highest BCUT2D eigenvalue weighted by atomic mass is 32.2. The van der Waals surface area contributed by atoms with Gasteiger partial charge in [0.2, 0.25) is 0 Å². The molecule has 0 spiro atoms. The first kappa shape index (κ1) is 13.3. The summed E-state index contributed by atoms with van der Waals surface area (Å²) in [6.07, 6.45) is 7.78. The molecule has 0 aliphatic heterocycles. The van der Waals surface area contributed by atoms with Crippen LogP contribution in [-0.4, -0.2) is 25.7 Å². The van der Waals surface area contributed by atoms with Crippen LogP contribution in [0.25, 0.3) is 0 Å². The molecule has 2 rings (SSSR count). The Balaban J connectivity index is 2.06. The van der Waals surface area contributed by atoms with E-state index in [-0.39, 0.29) is 5.03 Å². The van der Waals surface area contributed by atoms with Gasteiger partial charge in [0.1, 0.15) is 0 Å². The fourth-order valence-electron chi connectivity index (χ4n) is 2.43. The molecule has 1 aromatic rings. The number of nitrogens with zero attached hydrogens (tertiary/aromatic N) is 1. The van der Waals surface area contributed by atoms with Crippen molar-refractivity contribution >= 4 is 15.5 Å². The minimum atomic E-state index is -3.20. The van der Waals surface area contributed by atoms with Gasteiger partial charge in [0.15, 0.2) is 14.9 Å². The van der Waals surface area contributed by atoms with E-state index in [1.54, 1.807) is 18.3 Å². The molecule has 1 saturated carbocycles. The average molecular weight is 268 g/mol. The van der Waals surface area contributed by atoms with E-state index in [1.807, 2.05) is 0 Å². The first-order valence-electron chi connectivity index (χ1n) is 6.39. The number of aromatic nitrogens is 1. The maximum atomic E-state index is 11.3. The fraction of sp³-hybridized carbons (Fsp3) is 0.615. The lowest BCUT2D eigenvalue weighted by Gasteiger charge is -2.30. The van der Waals surface area contributed by atoms with Crippen molar-refractivity contribution in [1.29, 1.82) is 0 Å². The maximum Gasteiger partial charge on any atom is 0.192 e. The Kier molecular flexibility index (Phi) is 3.90. The first-order valence-corrected chi connectivity index (χ1v) is 8.28. The second-order valence-corrected chi connectivity index (χ2v) is 7.13. The van der Waals surface area contributed by atoms with E-state index in [0.717, 1.165) is 5.69 Å². The molecule has 2 atom stereocenters. The second kappa shape index (κ2) is 5.26. The molecule has 0 saturated heterocycles. The molecule has 0 amide bonds. The zero-order valence-electron chi connectivity index (χ0n) is 10.9. The average Bonchev–Trinajstić information content (AvgIpc) is 2.32. The van der Waals surface area contributed by atoms with Crippen molar-refractivity contribution in [3.63, 3.8) is 0 Å². The summed E-state index contributed by atoms with van der Waals surface area (Å²) in [5.41, 5.74) is 0.904. The molecular weight excluding hydrogens is 248 g/mol. The number of rotatable bonds is 3. The van der Waals surface area contributed by atoms with Gasteiger partial charge in [-0.05, 0) is 30.9 Å². The number of sulfone groups is 1. The van der Waals surface area contributed by atoms with Gasteiger partial charge in [0, 0.05) is 12.3 Å². The zero-order valence-corrected chi connectivity index (χ0v) is 11.7. The van der Waals surface area contributed by atoms with Gasteiger partial charge in [0.05, 0.1) is 11.9 Å². The highest BCUT2D eigenvalue weighted by Crippen LogP contribution is 2.26. The summed E-state index contributed by atoms with van der Waals surface area (Å²) in [7, 11) is -3.20. The normalized spacial score (nSPS) is 24.8. The lowest BCUT2D eigenvalue weighted by Crippen LogP contribution is -2.30. The van der Waals surface area contributed by atoms with Crippen LogP contribution in [0, 0.1) is 5.92 Å². The minimum absolute atomic E-state index is 0.129. The van der Waals surface area contributed by atoms with Gasteiger partial charge in [-0.1, -0.05) is 19.8 Å². The molecule has 0 aromatic carbocycles. The number of hydrogen-bond acceptors (Lipinski definition) is 4. The van der Waals surface area contributed by atoms with Gasteiger partial charge in [-0.15, -0.1) is 0 Å². The van der Waals surface area contributed by atoms with Crippen LogP contribution in [0.5, 0.6) is 0 Å². The number of pyridine rings is 1. The number of anilines is 1. The Morgan fingerprint density at radius 2 is 2.00 bits per heavy atom. The summed E-state index contributed by atoms with van der Waals surface area (Å²) in [4.78, 5) is 3.99. The van der Waals surface area contributed by atoms with Gasteiger partial charge >= 0.3 is 0 Å². The molecule has 1 N–H and O–H groups in total. The summed E-state index contributed by atoms with van der Waals surface area (Å²) in [5.74, 6) is 0.660. The van der Waals surface area contributed by atoms with Crippen molar-refractivity contribution in [2.45, 2.75) is 43.7 Å². The number of hydrogen-bond donors (Lipinski definition) is 1. The van der Waals surface area contributed by atoms with Gasteiger partial charge in [0.25, 0.3) is 0 Å². The minimum Gasteiger partial charge on any atom is -0.381 e. The van der Waals surface area contributed by atoms with E-state index in [9.17, 15) is 8.42 Å². The Morgan fingerprint density at radius 1 is 1.28 bits per heavy atom. The van der Waals surface area contributed by atoms with Gasteiger partial charge in [-0.25, -0.2) is 13.4 Å². The summed E-state index contributed by atoms with van der Waals surface area (Å²) in [6, 6.07) is 3.83. The van der Waals surface area contributed by atoms with E-state index < -0.39 is 9.84 Å². The Labute approximate surface area is 109 Å². The quantitative estimate of drug-likeness (QED) is 0.915. The van der Waals surface area contributed by atoms with E-state index in [2.05, 4.69) is 17.2 Å². The monoisotopic (exact) mass is 268 g/mol. The van der Waals surface area contributed by atoms with Crippen molar-refractivity contribution in [2.24, 2.45) is 5.92 Å². The Hall–Kier alpha value is -1.10. The van der Waals surface area contributed by atoms with Crippen LogP contribution < -0.4 is 5.32 Å². The second-order valence-electron chi connectivity index (χ2n) is 5.17. The highest BCUT2D eigenvalue weighted by Gasteiger charge is 2.21. The molecular formula is C13H20N2O2S. The van der Waals surface area contributed by atoms with Gasteiger partial charge < -0.3 is 5.32 Å². The lowest BCUT2D eigenvalue weighted by atomic mass is 9.86. The topological polar surface area (TPSA) is 59.1 Å². The highest BCUT2D eigenvalue weighted by molar-refractivity contribution is 7.90. The predicted molar refractivity (Wildman–Crippen MR) is 72.4 cm³/mol. The van der Waals surface area contributed by atoms with Crippen molar-refractivity contribution in [1.82, 2.24) is 4.98 Å². The molecule has 1 heterocycles. The molecule has 1 aliphatic rings. The van der Waals surface area contributed by atoms with E-state index >= 15 is 0 Å². The third-order valence-electron chi connectivity index (χ3n) is 3.58. The SMILES string of the molecule is CC1CCCCC1Nc1ccc(S(C)(=O)=O)nc1. The van der Waals surface area contributed by atoms with E-state index in [0.29, 0.717) is 12.0 Å². The standard InChI is InChI=1S/C13H20N2O2S/c1-10-5-3-4-6-12(10)15-11-7-8-13(14-9-11)18(2,16)17/h7-10,12,15H,3-6H2,1-2H3. The van der Waals surface area contributed by atoms with Crippen LogP contribution in [0.2, 0.25) is 0 Å². The van der Waals surface area contributed by atoms with Crippen molar-refractivity contribution < 1.29 is 8.42 Å². The summed E-state index contributed by atoms with van der Waals surface area (Å²) < 4.78 is 22.6. The largest absolute Gasteiger partial charge is 0.381 e. The number of nitrogens with one attached hydrogen (secondary N) is 1. The van der Waals surface area contributed by atoms with Crippen LogP contribution in [-0.2, 0) is 9.84 Å². The van der Waals surface area contributed by atoms with Crippen LogP contribution in [0.4, 0.5) is 5.69 Å². The van der Waals surface area contributed by atoms with E-state index in [4.69, 9.17) is 0 Å². The first-order chi connectivity index (χ1) is 8.47. The molecule has 1 aromatic heterocycles. The summed E-state index contributed by atoms with van der Waals surface area (Å²) in [5, 5.41) is 3.58.